The number of aliphatic hydroxyl groups excluding tert-OH is 1. The third-order valence-corrected chi connectivity index (χ3v) is 6.03. The monoisotopic (exact) mass is 342 g/mol. The highest BCUT2D eigenvalue weighted by Gasteiger charge is 2.21. The van der Waals surface area contributed by atoms with Crippen LogP contribution in [0.15, 0.2) is 46.2 Å². The van der Waals surface area contributed by atoms with Gasteiger partial charge in [0, 0.05) is 35.0 Å². The summed E-state index contributed by atoms with van der Waals surface area (Å²) in [4.78, 5) is 4.95. The fourth-order valence-corrected chi connectivity index (χ4v) is 4.41. The standard InChI is InChI=1S/C20H26N2OS/c1-3-22(4-2)12-11-21-18-10-9-16(14-23)20-17(18)13-15-7-5-6-8-19(15)24-20/h5-10,21,23H,3-4,11-14H2,1-2H3. The summed E-state index contributed by atoms with van der Waals surface area (Å²) in [5.41, 5.74) is 4.93. The van der Waals surface area contributed by atoms with Gasteiger partial charge in [0.2, 0.25) is 0 Å². The van der Waals surface area contributed by atoms with Gasteiger partial charge in [-0.2, -0.15) is 0 Å². The molecule has 0 spiro atoms. The van der Waals surface area contributed by atoms with Crippen molar-refractivity contribution in [2.45, 2.75) is 36.7 Å². The maximum absolute atomic E-state index is 9.70. The number of rotatable bonds is 7. The van der Waals surface area contributed by atoms with Crippen LogP contribution >= 0.6 is 11.8 Å². The fourth-order valence-electron chi connectivity index (χ4n) is 3.21. The van der Waals surface area contributed by atoms with Crippen molar-refractivity contribution in [1.29, 1.82) is 0 Å². The summed E-state index contributed by atoms with van der Waals surface area (Å²) in [5, 5.41) is 13.3. The molecule has 0 aliphatic carbocycles. The van der Waals surface area contributed by atoms with Crippen molar-refractivity contribution in [3.8, 4) is 0 Å². The van der Waals surface area contributed by atoms with Gasteiger partial charge in [-0.15, -0.1) is 0 Å². The molecule has 0 saturated heterocycles. The van der Waals surface area contributed by atoms with E-state index in [1.807, 2.05) is 0 Å². The Hall–Kier alpha value is -1.49. The molecule has 3 nitrogen and oxygen atoms in total. The van der Waals surface area contributed by atoms with Crippen molar-refractivity contribution in [3.63, 3.8) is 0 Å². The maximum atomic E-state index is 9.70. The largest absolute Gasteiger partial charge is 0.392 e. The molecule has 2 aromatic rings. The molecular weight excluding hydrogens is 316 g/mol. The highest BCUT2D eigenvalue weighted by molar-refractivity contribution is 7.99. The van der Waals surface area contributed by atoms with E-state index in [-0.39, 0.29) is 6.61 Å². The fraction of sp³-hybridized carbons (Fsp3) is 0.400. The number of fused-ring (bicyclic) bond motifs is 2. The van der Waals surface area contributed by atoms with Crippen LogP contribution in [0, 0.1) is 0 Å². The molecular formula is C20H26N2OS. The third-order valence-electron chi connectivity index (χ3n) is 4.70. The highest BCUT2D eigenvalue weighted by Crippen LogP contribution is 2.44. The Morgan fingerprint density at radius 1 is 1.12 bits per heavy atom. The van der Waals surface area contributed by atoms with E-state index in [1.165, 1.54) is 26.6 Å². The SMILES string of the molecule is CCN(CC)CCNc1ccc(CO)c2c1Cc1ccccc1S2. The van der Waals surface area contributed by atoms with E-state index in [2.05, 4.69) is 60.5 Å². The molecule has 1 aliphatic rings. The Kier molecular flexibility index (Phi) is 5.82. The van der Waals surface area contributed by atoms with Gasteiger partial charge in [-0.3, -0.25) is 0 Å². The van der Waals surface area contributed by atoms with Crippen LogP contribution in [0.4, 0.5) is 5.69 Å². The third kappa shape index (κ3) is 3.61. The molecule has 1 aliphatic heterocycles. The molecule has 0 amide bonds. The predicted molar refractivity (Wildman–Crippen MR) is 102 cm³/mol. The lowest BCUT2D eigenvalue weighted by molar-refractivity contribution is 0.278. The normalized spacial score (nSPS) is 12.8. The number of anilines is 1. The highest BCUT2D eigenvalue weighted by atomic mass is 32.2. The van der Waals surface area contributed by atoms with Crippen LogP contribution < -0.4 is 5.32 Å². The van der Waals surface area contributed by atoms with E-state index in [9.17, 15) is 5.11 Å². The number of hydrogen-bond donors (Lipinski definition) is 2. The maximum Gasteiger partial charge on any atom is 0.0692 e. The lowest BCUT2D eigenvalue weighted by Gasteiger charge is -2.25. The predicted octanol–water partition coefficient (Wildman–Crippen LogP) is 3.99. The van der Waals surface area contributed by atoms with Crippen molar-refractivity contribution in [2.75, 3.05) is 31.5 Å². The molecule has 0 atom stereocenters. The van der Waals surface area contributed by atoms with Gasteiger partial charge in [0.25, 0.3) is 0 Å². The molecule has 3 rings (SSSR count). The Balaban J connectivity index is 1.82. The molecule has 0 radical (unpaired) electrons. The molecule has 128 valence electrons. The number of aliphatic hydroxyl groups is 1. The van der Waals surface area contributed by atoms with Gasteiger partial charge >= 0.3 is 0 Å². The first-order chi connectivity index (χ1) is 11.8. The van der Waals surface area contributed by atoms with Gasteiger partial charge in [0.15, 0.2) is 0 Å². The zero-order valence-electron chi connectivity index (χ0n) is 14.5. The van der Waals surface area contributed by atoms with Crippen molar-refractivity contribution in [2.24, 2.45) is 0 Å². The number of likely N-dealkylation sites (N-methyl/N-ethyl adjacent to an activating group) is 1. The van der Waals surface area contributed by atoms with Crippen LogP contribution in [0.2, 0.25) is 0 Å². The molecule has 0 bridgehead atoms. The van der Waals surface area contributed by atoms with Crippen LogP contribution in [0.25, 0.3) is 0 Å². The molecule has 1 heterocycles. The summed E-state index contributed by atoms with van der Waals surface area (Å²) in [6.45, 7) is 8.67. The van der Waals surface area contributed by atoms with Gasteiger partial charge in [-0.1, -0.05) is 49.9 Å². The molecule has 2 N–H and O–H groups in total. The Bertz CT molecular complexity index is 698. The van der Waals surface area contributed by atoms with E-state index >= 15 is 0 Å². The second-order valence-corrected chi connectivity index (χ2v) is 7.13. The second-order valence-electron chi connectivity index (χ2n) is 6.08. The van der Waals surface area contributed by atoms with Crippen LogP contribution in [-0.4, -0.2) is 36.2 Å². The number of benzene rings is 2. The van der Waals surface area contributed by atoms with Crippen LogP contribution in [0.5, 0.6) is 0 Å². The minimum Gasteiger partial charge on any atom is -0.392 e. The average Bonchev–Trinajstić information content (AvgIpc) is 2.63. The number of hydrogen-bond acceptors (Lipinski definition) is 4. The molecule has 0 saturated carbocycles. The van der Waals surface area contributed by atoms with E-state index in [1.54, 1.807) is 11.8 Å². The quantitative estimate of drug-likeness (QED) is 0.681. The zero-order chi connectivity index (χ0) is 16.9. The first-order valence-corrected chi connectivity index (χ1v) is 9.56. The van der Waals surface area contributed by atoms with E-state index in [0.717, 1.165) is 38.2 Å². The zero-order valence-corrected chi connectivity index (χ0v) is 15.3. The summed E-state index contributed by atoms with van der Waals surface area (Å²) in [7, 11) is 0. The summed E-state index contributed by atoms with van der Waals surface area (Å²) < 4.78 is 0. The average molecular weight is 343 g/mol. The summed E-state index contributed by atoms with van der Waals surface area (Å²) in [6, 6.07) is 12.7. The second kappa shape index (κ2) is 8.06. The molecule has 0 fully saturated rings. The van der Waals surface area contributed by atoms with E-state index in [4.69, 9.17) is 0 Å². The van der Waals surface area contributed by atoms with Crippen molar-refractivity contribution >= 4 is 17.4 Å². The molecule has 4 heteroatoms. The van der Waals surface area contributed by atoms with Crippen LogP contribution in [-0.2, 0) is 13.0 Å². The van der Waals surface area contributed by atoms with Gasteiger partial charge < -0.3 is 15.3 Å². The van der Waals surface area contributed by atoms with Gasteiger partial charge in [0.1, 0.15) is 0 Å². The minimum atomic E-state index is 0.0945. The molecule has 24 heavy (non-hydrogen) atoms. The summed E-state index contributed by atoms with van der Waals surface area (Å²) in [5.74, 6) is 0. The lowest BCUT2D eigenvalue weighted by Crippen LogP contribution is -2.28. The van der Waals surface area contributed by atoms with Crippen molar-refractivity contribution in [1.82, 2.24) is 4.90 Å². The van der Waals surface area contributed by atoms with Crippen LogP contribution in [0.3, 0.4) is 0 Å². The molecule has 0 unspecified atom stereocenters. The van der Waals surface area contributed by atoms with Gasteiger partial charge in [-0.05, 0) is 41.9 Å². The Morgan fingerprint density at radius 3 is 2.67 bits per heavy atom. The molecule has 0 aromatic heterocycles. The van der Waals surface area contributed by atoms with E-state index < -0.39 is 0 Å². The van der Waals surface area contributed by atoms with Crippen molar-refractivity contribution < 1.29 is 5.11 Å². The van der Waals surface area contributed by atoms with Gasteiger partial charge in [-0.25, -0.2) is 0 Å². The Morgan fingerprint density at radius 2 is 1.92 bits per heavy atom. The Labute approximate surface area is 149 Å². The number of nitrogens with zero attached hydrogens (tertiary/aromatic N) is 1. The first kappa shape index (κ1) is 17.3. The minimum absolute atomic E-state index is 0.0945. The summed E-state index contributed by atoms with van der Waals surface area (Å²) >= 11 is 1.79. The first-order valence-electron chi connectivity index (χ1n) is 8.74. The van der Waals surface area contributed by atoms with Crippen LogP contribution in [0.1, 0.15) is 30.5 Å². The summed E-state index contributed by atoms with van der Waals surface area (Å²) in [6.07, 6.45) is 0.931. The smallest absolute Gasteiger partial charge is 0.0692 e. The molecule has 2 aromatic carbocycles. The topological polar surface area (TPSA) is 35.5 Å². The number of nitrogens with one attached hydrogen (secondary N) is 1. The van der Waals surface area contributed by atoms with Crippen molar-refractivity contribution in [3.05, 3.63) is 53.1 Å². The lowest BCUT2D eigenvalue weighted by atomic mass is 10.00. The van der Waals surface area contributed by atoms with E-state index in [0.29, 0.717) is 0 Å². The van der Waals surface area contributed by atoms with Gasteiger partial charge in [0.05, 0.1) is 6.61 Å².